The number of aromatic nitrogens is 3. The third kappa shape index (κ3) is 4.01. The van der Waals surface area contributed by atoms with Crippen molar-refractivity contribution in [3.8, 4) is 22.4 Å². The van der Waals surface area contributed by atoms with E-state index < -0.39 is 0 Å². The van der Waals surface area contributed by atoms with Gasteiger partial charge in [-0.15, -0.1) is 0 Å². The van der Waals surface area contributed by atoms with E-state index in [0.29, 0.717) is 12.4 Å². The van der Waals surface area contributed by atoms with E-state index in [9.17, 15) is 0 Å². The van der Waals surface area contributed by atoms with E-state index in [1.54, 1.807) is 7.11 Å². The van der Waals surface area contributed by atoms with Crippen molar-refractivity contribution in [2.45, 2.75) is 44.7 Å². The number of hydrogen-bond donors (Lipinski definition) is 2. The number of nitrogens with one attached hydrogen (secondary N) is 1. The van der Waals surface area contributed by atoms with Gasteiger partial charge in [0.25, 0.3) is 0 Å². The maximum atomic E-state index is 6.57. The zero-order valence-corrected chi connectivity index (χ0v) is 19.5. The molecular formula is C27H31N5O. The normalized spacial score (nSPS) is 15.9. The van der Waals surface area contributed by atoms with Crippen LogP contribution in [0.5, 0.6) is 0 Å². The fourth-order valence-corrected chi connectivity index (χ4v) is 4.68. The van der Waals surface area contributed by atoms with E-state index in [2.05, 4.69) is 65.8 Å². The van der Waals surface area contributed by atoms with Gasteiger partial charge in [0.1, 0.15) is 5.82 Å². The van der Waals surface area contributed by atoms with Crippen molar-refractivity contribution in [3.63, 3.8) is 0 Å². The number of methoxy groups -OCH3 is 1. The topological polar surface area (TPSA) is 77.5 Å². The minimum atomic E-state index is -0.180. The molecule has 4 aromatic rings. The van der Waals surface area contributed by atoms with Crippen LogP contribution < -0.4 is 11.1 Å². The molecule has 1 aliphatic carbocycles. The van der Waals surface area contributed by atoms with Crippen molar-refractivity contribution in [1.29, 1.82) is 0 Å². The largest absolute Gasteiger partial charge is 0.383 e. The number of anilines is 1. The summed E-state index contributed by atoms with van der Waals surface area (Å²) in [4.78, 5) is 9.72. The van der Waals surface area contributed by atoms with E-state index in [4.69, 9.17) is 15.5 Å². The number of nitrogens with two attached hydrogens (primary N) is 1. The SMILES string of the molecule is COCC(C)Nc1c(-c2ccccc2)c(-c2ccc(C3(N)CCC3)cc2)nc2nc(C)cn12. The summed E-state index contributed by atoms with van der Waals surface area (Å²) in [5.41, 5.74) is 12.6. The summed E-state index contributed by atoms with van der Waals surface area (Å²) in [7, 11) is 1.72. The highest BCUT2D eigenvalue weighted by molar-refractivity contribution is 5.90. The van der Waals surface area contributed by atoms with Crippen LogP contribution >= 0.6 is 0 Å². The van der Waals surface area contributed by atoms with Crippen LogP contribution in [0.15, 0.2) is 60.8 Å². The summed E-state index contributed by atoms with van der Waals surface area (Å²) in [5.74, 6) is 1.64. The molecule has 0 bridgehead atoms. The smallest absolute Gasteiger partial charge is 0.236 e. The molecule has 2 aromatic carbocycles. The van der Waals surface area contributed by atoms with Crippen LogP contribution in [-0.4, -0.2) is 34.1 Å². The van der Waals surface area contributed by atoms with Gasteiger partial charge in [-0.3, -0.25) is 4.40 Å². The van der Waals surface area contributed by atoms with E-state index in [0.717, 1.165) is 46.7 Å². The van der Waals surface area contributed by atoms with Crippen LogP contribution in [0.2, 0.25) is 0 Å². The molecule has 6 heteroatoms. The first kappa shape index (κ1) is 21.6. The molecule has 1 aliphatic rings. The van der Waals surface area contributed by atoms with Gasteiger partial charge >= 0.3 is 0 Å². The number of ether oxygens (including phenoxy) is 1. The van der Waals surface area contributed by atoms with Crippen molar-refractivity contribution in [2.75, 3.05) is 19.0 Å². The molecule has 2 aromatic heterocycles. The first-order valence-corrected chi connectivity index (χ1v) is 11.6. The Labute approximate surface area is 194 Å². The number of benzene rings is 2. The van der Waals surface area contributed by atoms with Gasteiger partial charge in [-0.1, -0.05) is 54.6 Å². The maximum absolute atomic E-state index is 6.57. The third-order valence-electron chi connectivity index (χ3n) is 6.58. The summed E-state index contributed by atoms with van der Waals surface area (Å²) < 4.78 is 7.45. The first-order valence-electron chi connectivity index (χ1n) is 11.6. The Balaban J connectivity index is 1.72. The van der Waals surface area contributed by atoms with Gasteiger partial charge in [0.2, 0.25) is 5.78 Å². The summed E-state index contributed by atoms with van der Waals surface area (Å²) in [6, 6.07) is 19.1. The number of hydrogen-bond acceptors (Lipinski definition) is 5. The molecule has 5 rings (SSSR count). The Morgan fingerprint density at radius 3 is 2.42 bits per heavy atom. The lowest BCUT2D eigenvalue weighted by atomic mass is 9.72. The minimum Gasteiger partial charge on any atom is -0.383 e. The Kier molecular flexibility index (Phi) is 5.64. The van der Waals surface area contributed by atoms with E-state index in [1.807, 2.05) is 23.6 Å². The lowest BCUT2D eigenvalue weighted by Crippen LogP contribution is -2.43. The highest BCUT2D eigenvalue weighted by atomic mass is 16.5. The Hall–Kier alpha value is -3.22. The molecule has 1 saturated carbocycles. The molecule has 1 unspecified atom stereocenters. The van der Waals surface area contributed by atoms with Crippen LogP contribution in [0.4, 0.5) is 5.82 Å². The zero-order valence-electron chi connectivity index (χ0n) is 19.5. The number of rotatable bonds is 7. The van der Waals surface area contributed by atoms with Crippen molar-refractivity contribution < 1.29 is 4.74 Å². The van der Waals surface area contributed by atoms with E-state index >= 15 is 0 Å². The van der Waals surface area contributed by atoms with Gasteiger partial charge in [-0.2, -0.15) is 0 Å². The molecule has 0 amide bonds. The number of nitrogens with zero attached hydrogens (tertiary/aromatic N) is 3. The number of imidazole rings is 1. The monoisotopic (exact) mass is 441 g/mol. The number of fused-ring (bicyclic) bond motifs is 1. The van der Waals surface area contributed by atoms with Crippen molar-refractivity contribution >= 4 is 11.6 Å². The molecule has 0 saturated heterocycles. The van der Waals surface area contributed by atoms with Crippen LogP contribution in [0, 0.1) is 6.92 Å². The molecular weight excluding hydrogens is 410 g/mol. The Morgan fingerprint density at radius 1 is 1.06 bits per heavy atom. The van der Waals surface area contributed by atoms with Crippen LogP contribution in [0.3, 0.4) is 0 Å². The predicted molar refractivity (Wildman–Crippen MR) is 133 cm³/mol. The Bertz CT molecular complexity index is 1260. The summed E-state index contributed by atoms with van der Waals surface area (Å²) in [6.45, 7) is 4.70. The molecule has 33 heavy (non-hydrogen) atoms. The van der Waals surface area contributed by atoms with Crippen molar-refractivity contribution in [2.24, 2.45) is 5.73 Å². The fraction of sp³-hybridized carbons (Fsp3) is 0.333. The maximum Gasteiger partial charge on any atom is 0.236 e. The predicted octanol–water partition coefficient (Wildman–Crippen LogP) is 5.16. The minimum absolute atomic E-state index is 0.108. The Morgan fingerprint density at radius 2 is 1.79 bits per heavy atom. The van der Waals surface area contributed by atoms with E-state index in [-0.39, 0.29) is 11.6 Å². The standard InChI is InChI=1S/C27H31N5O/c1-18-16-32-25(29-19(2)17-33-3)23(20-8-5-4-6-9-20)24(31-26(32)30-18)21-10-12-22(13-11-21)27(28)14-7-15-27/h4-6,8-13,16,19,29H,7,14-15,17,28H2,1-3H3. The molecule has 0 radical (unpaired) electrons. The zero-order chi connectivity index (χ0) is 23.0. The molecule has 0 spiro atoms. The lowest BCUT2D eigenvalue weighted by Gasteiger charge is -2.38. The molecule has 1 fully saturated rings. The van der Waals surface area contributed by atoms with Gasteiger partial charge in [0, 0.05) is 36.0 Å². The highest BCUT2D eigenvalue weighted by Gasteiger charge is 2.34. The molecule has 170 valence electrons. The fourth-order valence-electron chi connectivity index (χ4n) is 4.68. The average Bonchev–Trinajstić information content (AvgIpc) is 3.18. The van der Waals surface area contributed by atoms with Gasteiger partial charge in [0.15, 0.2) is 0 Å². The van der Waals surface area contributed by atoms with Crippen LogP contribution in [0.25, 0.3) is 28.2 Å². The summed E-state index contributed by atoms with van der Waals surface area (Å²) in [6.07, 6.45) is 5.32. The average molecular weight is 442 g/mol. The third-order valence-corrected chi connectivity index (χ3v) is 6.58. The van der Waals surface area contributed by atoms with E-state index in [1.165, 1.54) is 12.0 Å². The lowest BCUT2D eigenvalue weighted by molar-refractivity contribution is 0.190. The molecule has 3 N–H and O–H groups in total. The second-order valence-corrected chi connectivity index (χ2v) is 9.19. The van der Waals surface area contributed by atoms with Gasteiger partial charge < -0.3 is 15.8 Å². The molecule has 1 atom stereocenters. The summed E-state index contributed by atoms with van der Waals surface area (Å²) in [5, 5.41) is 3.67. The second kappa shape index (κ2) is 8.61. The van der Waals surface area contributed by atoms with Gasteiger partial charge in [-0.25, -0.2) is 9.97 Å². The first-order chi connectivity index (χ1) is 16.0. The second-order valence-electron chi connectivity index (χ2n) is 9.19. The van der Waals surface area contributed by atoms with Gasteiger partial charge in [-0.05, 0) is 44.2 Å². The van der Waals surface area contributed by atoms with Crippen molar-refractivity contribution in [3.05, 3.63) is 72.1 Å². The van der Waals surface area contributed by atoms with Crippen LogP contribution in [-0.2, 0) is 10.3 Å². The number of aryl methyl sites for hydroxylation is 1. The molecule has 0 aliphatic heterocycles. The van der Waals surface area contributed by atoms with Crippen molar-refractivity contribution in [1.82, 2.24) is 14.4 Å². The summed E-state index contributed by atoms with van der Waals surface area (Å²) >= 11 is 0. The molecule has 2 heterocycles. The van der Waals surface area contributed by atoms with Crippen LogP contribution in [0.1, 0.15) is 37.4 Å². The quantitative estimate of drug-likeness (QED) is 0.414. The highest BCUT2D eigenvalue weighted by Crippen LogP contribution is 2.41. The van der Waals surface area contributed by atoms with Gasteiger partial charge in [0.05, 0.1) is 18.0 Å². The molecule has 6 nitrogen and oxygen atoms in total.